The molecule has 0 saturated heterocycles. The van der Waals surface area contributed by atoms with Crippen molar-refractivity contribution in [2.75, 3.05) is 21.4 Å². The summed E-state index contributed by atoms with van der Waals surface area (Å²) in [6.07, 6.45) is 0. The number of carbonyl (C=O) groups excluding carboxylic acids is 1. The van der Waals surface area contributed by atoms with Gasteiger partial charge in [0, 0.05) is 17.1 Å². The Hall–Kier alpha value is -4.66. The van der Waals surface area contributed by atoms with Crippen molar-refractivity contribution in [1.82, 2.24) is 20.4 Å². The molecule has 0 spiro atoms. The topological polar surface area (TPSA) is 116 Å². The first-order valence-electron chi connectivity index (χ1n) is 9.53. The van der Waals surface area contributed by atoms with Crippen LogP contribution in [0.15, 0.2) is 91.0 Å². The Bertz CT molecular complexity index is 1060. The molecule has 4 rings (SSSR count). The molecule has 2 amide bonds. The summed E-state index contributed by atoms with van der Waals surface area (Å²) in [6.45, 7) is 0. The predicted molar refractivity (Wildman–Crippen MR) is 121 cm³/mol. The van der Waals surface area contributed by atoms with Gasteiger partial charge in [-0.3, -0.25) is 5.43 Å². The molecule has 9 nitrogen and oxygen atoms in total. The molecule has 0 radical (unpaired) electrons. The van der Waals surface area contributed by atoms with Crippen LogP contribution in [0.25, 0.3) is 0 Å². The molecule has 0 aliphatic carbocycles. The lowest BCUT2D eigenvalue weighted by atomic mass is 10.3. The number of carbonyl (C=O) groups is 1. The van der Waals surface area contributed by atoms with Gasteiger partial charge in [-0.25, -0.2) is 10.2 Å². The van der Waals surface area contributed by atoms with Crippen LogP contribution in [-0.2, 0) is 0 Å². The summed E-state index contributed by atoms with van der Waals surface area (Å²) in [7, 11) is 0. The Morgan fingerprint density at radius 1 is 0.548 bits per heavy atom. The number of hydrazine groups is 1. The maximum atomic E-state index is 12.2. The molecule has 0 fully saturated rings. The number of para-hydroxylation sites is 3. The van der Waals surface area contributed by atoms with E-state index in [0.29, 0.717) is 17.6 Å². The van der Waals surface area contributed by atoms with E-state index in [0.717, 1.165) is 11.4 Å². The predicted octanol–water partition coefficient (Wildman–Crippen LogP) is 4.51. The molecule has 5 N–H and O–H groups in total. The quantitative estimate of drug-likeness (QED) is 0.284. The summed E-state index contributed by atoms with van der Waals surface area (Å²) in [5.74, 6) is 0.787. The fourth-order valence-electron chi connectivity index (χ4n) is 2.64. The van der Waals surface area contributed by atoms with Gasteiger partial charge in [0.05, 0.1) is 0 Å². The first-order chi connectivity index (χ1) is 15.2. The highest BCUT2D eigenvalue weighted by atomic mass is 16.2. The Morgan fingerprint density at radius 2 is 0.968 bits per heavy atom. The number of amides is 2. The van der Waals surface area contributed by atoms with Crippen molar-refractivity contribution in [1.29, 1.82) is 0 Å². The van der Waals surface area contributed by atoms with Gasteiger partial charge in [0.25, 0.3) is 0 Å². The molecule has 0 bridgehead atoms. The minimum absolute atomic E-state index is 0.162. The number of benzene rings is 3. The van der Waals surface area contributed by atoms with Crippen molar-refractivity contribution in [2.45, 2.75) is 0 Å². The van der Waals surface area contributed by atoms with Crippen molar-refractivity contribution in [3.8, 4) is 0 Å². The third-order valence-corrected chi connectivity index (χ3v) is 4.01. The highest BCUT2D eigenvalue weighted by molar-refractivity contribution is 5.89. The number of nitrogens with zero attached hydrogens (tertiary/aromatic N) is 3. The van der Waals surface area contributed by atoms with Gasteiger partial charge in [0.1, 0.15) is 0 Å². The minimum Gasteiger partial charge on any atom is -0.324 e. The molecule has 31 heavy (non-hydrogen) atoms. The lowest BCUT2D eigenvalue weighted by Crippen LogP contribution is -2.34. The Balaban J connectivity index is 1.50. The van der Waals surface area contributed by atoms with E-state index >= 15 is 0 Å². The summed E-state index contributed by atoms with van der Waals surface area (Å²) in [4.78, 5) is 25.2. The third-order valence-electron chi connectivity index (χ3n) is 4.01. The van der Waals surface area contributed by atoms with E-state index in [2.05, 4.69) is 41.8 Å². The third kappa shape index (κ3) is 5.91. The molecule has 0 aliphatic heterocycles. The molecule has 1 aromatic heterocycles. The molecule has 154 valence electrons. The van der Waals surface area contributed by atoms with E-state index in [1.807, 2.05) is 78.9 Å². The summed E-state index contributed by atoms with van der Waals surface area (Å²) < 4.78 is 0. The van der Waals surface area contributed by atoms with E-state index in [1.165, 1.54) is 0 Å². The van der Waals surface area contributed by atoms with Crippen molar-refractivity contribution >= 4 is 40.9 Å². The molecule has 4 aromatic rings. The van der Waals surface area contributed by atoms with E-state index < -0.39 is 6.03 Å². The fraction of sp³-hybridized carbons (Fsp3) is 0. The maximum Gasteiger partial charge on any atom is 0.337 e. The molecule has 0 saturated carbocycles. The fourth-order valence-corrected chi connectivity index (χ4v) is 2.64. The lowest BCUT2D eigenvalue weighted by Gasteiger charge is -2.12. The number of aromatic nitrogens is 3. The standard InChI is InChI=1S/C22H20N8O/c31-22(25-18-14-8-3-9-15-18)30-29-21-27-19(23-16-10-4-1-5-11-16)26-20(28-21)24-17-12-6-2-7-13-17/h1-15H,(H2,25,30,31)(H3,23,24,26,27,28,29). The van der Waals surface area contributed by atoms with Crippen LogP contribution < -0.4 is 26.8 Å². The number of rotatable bonds is 7. The monoisotopic (exact) mass is 412 g/mol. The van der Waals surface area contributed by atoms with Gasteiger partial charge in [-0.1, -0.05) is 54.6 Å². The maximum absolute atomic E-state index is 12.2. The zero-order chi connectivity index (χ0) is 21.3. The number of hydrogen-bond donors (Lipinski definition) is 5. The number of nitrogens with one attached hydrogen (secondary N) is 5. The molecular formula is C22H20N8O. The number of hydrogen-bond acceptors (Lipinski definition) is 7. The van der Waals surface area contributed by atoms with Gasteiger partial charge >= 0.3 is 6.03 Å². The molecule has 3 aromatic carbocycles. The van der Waals surface area contributed by atoms with E-state index in [-0.39, 0.29) is 5.95 Å². The zero-order valence-electron chi connectivity index (χ0n) is 16.4. The SMILES string of the molecule is O=C(NNc1nc(Nc2ccccc2)nc(Nc2ccccc2)n1)Nc1ccccc1. The van der Waals surface area contributed by atoms with Gasteiger partial charge in [-0.2, -0.15) is 15.0 Å². The normalized spacial score (nSPS) is 10.1. The first kappa shape index (κ1) is 19.6. The largest absolute Gasteiger partial charge is 0.337 e. The average Bonchev–Trinajstić information content (AvgIpc) is 2.80. The molecule has 0 aliphatic rings. The van der Waals surface area contributed by atoms with Gasteiger partial charge in [-0.05, 0) is 36.4 Å². The van der Waals surface area contributed by atoms with Crippen LogP contribution in [0.4, 0.5) is 39.7 Å². The van der Waals surface area contributed by atoms with Gasteiger partial charge in [0.2, 0.25) is 17.8 Å². The van der Waals surface area contributed by atoms with Crippen LogP contribution in [0.5, 0.6) is 0 Å². The molecule has 0 unspecified atom stereocenters. The van der Waals surface area contributed by atoms with E-state index in [9.17, 15) is 4.79 Å². The van der Waals surface area contributed by atoms with Crippen LogP contribution >= 0.6 is 0 Å². The Labute approximate surface area is 179 Å². The van der Waals surface area contributed by atoms with Gasteiger partial charge < -0.3 is 16.0 Å². The summed E-state index contributed by atoms with van der Waals surface area (Å²) in [6, 6.07) is 27.7. The average molecular weight is 412 g/mol. The van der Waals surface area contributed by atoms with Crippen LogP contribution in [-0.4, -0.2) is 21.0 Å². The van der Waals surface area contributed by atoms with Crippen molar-refractivity contribution in [3.63, 3.8) is 0 Å². The Morgan fingerprint density at radius 3 is 1.45 bits per heavy atom. The summed E-state index contributed by atoms with van der Waals surface area (Å²) in [5.41, 5.74) is 7.54. The van der Waals surface area contributed by atoms with Crippen LogP contribution in [0.3, 0.4) is 0 Å². The molecule has 9 heteroatoms. The molecule has 0 atom stereocenters. The molecular weight excluding hydrogens is 392 g/mol. The highest BCUT2D eigenvalue weighted by Crippen LogP contribution is 2.18. The Kier molecular flexibility index (Phi) is 6.15. The minimum atomic E-state index is -0.457. The zero-order valence-corrected chi connectivity index (χ0v) is 16.4. The summed E-state index contributed by atoms with van der Waals surface area (Å²) >= 11 is 0. The highest BCUT2D eigenvalue weighted by Gasteiger charge is 2.09. The van der Waals surface area contributed by atoms with Crippen molar-refractivity contribution < 1.29 is 4.79 Å². The van der Waals surface area contributed by atoms with Gasteiger partial charge in [-0.15, -0.1) is 0 Å². The second-order valence-electron chi connectivity index (χ2n) is 6.36. The van der Waals surface area contributed by atoms with Crippen LogP contribution in [0, 0.1) is 0 Å². The van der Waals surface area contributed by atoms with Gasteiger partial charge in [0.15, 0.2) is 0 Å². The second-order valence-corrected chi connectivity index (χ2v) is 6.36. The first-order valence-corrected chi connectivity index (χ1v) is 9.53. The lowest BCUT2D eigenvalue weighted by molar-refractivity contribution is 0.253. The smallest absolute Gasteiger partial charge is 0.324 e. The van der Waals surface area contributed by atoms with Crippen LogP contribution in [0.2, 0.25) is 0 Å². The summed E-state index contributed by atoms with van der Waals surface area (Å²) in [5, 5.41) is 8.96. The van der Waals surface area contributed by atoms with Crippen molar-refractivity contribution in [3.05, 3.63) is 91.0 Å². The van der Waals surface area contributed by atoms with Crippen LogP contribution in [0.1, 0.15) is 0 Å². The van der Waals surface area contributed by atoms with Crippen molar-refractivity contribution in [2.24, 2.45) is 0 Å². The number of anilines is 6. The van der Waals surface area contributed by atoms with E-state index in [4.69, 9.17) is 0 Å². The molecule has 1 heterocycles. The second kappa shape index (κ2) is 9.70. The van der Waals surface area contributed by atoms with E-state index in [1.54, 1.807) is 12.1 Å². The number of urea groups is 1.